The molecule has 0 radical (unpaired) electrons. The largest absolute Gasteiger partial charge is 0.506 e. The van der Waals surface area contributed by atoms with Gasteiger partial charge in [-0.3, -0.25) is 9.20 Å². The fourth-order valence-electron chi connectivity index (χ4n) is 2.63. The molecule has 0 saturated heterocycles. The minimum absolute atomic E-state index is 0.0909. The molecular formula is C18H15NO5. The third-order valence-electron chi connectivity index (χ3n) is 3.73. The Morgan fingerprint density at radius 2 is 1.75 bits per heavy atom. The van der Waals surface area contributed by atoms with E-state index in [9.17, 15) is 14.7 Å². The Morgan fingerprint density at radius 1 is 1.04 bits per heavy atom. The fourth-order valence-corrected chi connectivity index (χ4v) is 2.63. The van der Waals surface area contributed by atoms with E-state index in [4.69, 9.17) is 9.47 Å². The summed E-state index contributed by atoms with van der Waals surface area (Å²) in [6.45, 7) is 0. The molecule has 2 aromatic heterocycles. The molecule has 1 aromatic carbocycles. The SMILES string of the molecule is COC(=O)c1cc(C(=O)c2ccccc2)n2c(OC)ccc(O)c12. The van der Waals surface area contributed by atoms with Gasteiger partial charge in [-0.05, 0) is 12.1 Å². The lowest BCUT2D eigenvalue weighted by atomic mass is 10.1. The summed E-state index contributed by atoms with van der Waals surface area (Å²) in [4.78, 5) is 24.9. The van der Waals surface area contributed by atoms with Crippen molar-refractivity contribution in [3.63, 3.8) is 0 Å². The number of carbonyl (C=O) groups excluding carboxylic acids is 2. The molecule has 0 aliphatic carbocycles. The second-order valence-corrected chi connectivity index (χ2v) is 5.07. The van der Waals surface area contributed by atoms with Crippen molar-refractivity contribution < 1.29 is 24.2 Å². The maximum absolute atomic E-state index is 12.9. The first-order chi connectivity index (χ1) is 11.6. The molecule has 1 N–H and O–H groups in total. The third kappa shape index (κ3) is 2.38. The van der Waals surface area contributed by atoms with Crippen LogP contribution >= 0.6 is 0 Å². The van der Waals surface area contributed by atoms with Gasteiger partial charge in [0.05, 0.1) is 25.5 Å². The summed E-state index contributed by atoms with van der Waals surface area (Å²) in [6, 6.07) is 13.0. The van der Waals surface area contributed by atoms with E-state index in [1.54, 1.807) is 30.3 Å². The first kappa shape index (κ1) is 15.6. The summed E-state index contributed by atoms with van der Waals surface area (Å²) in [6.07, 6.45) is 0. The van der Waals surface area contributed by atoms with Crippen molar-refractivity contribution >= 4 is 17.3 Å². The van der Waals surface area contributed by atoms with Crippen LogP contribution in [-0.2, 0) is 4.74 Å². The summed E-state index contributed by atoms with van der Waals surface area (Å²) in [7, 11) is 2.68. The van der Waals surface area contributed by atoms with Crippen LogP contribution in [0.25, 0.3) is 5.52 Å². The number of benzene rings is 1. The molecule has 3 rings (SSSR count). The Balaban J connectivity index is 2.34. The van der Waals surface area contributed by atoms with Crippen molar-refractivity contribution in [2.24, 2.45) is 0 Å². The highest BCUT2D eigenvalue weighted by molar-refractivity contribution is 6.12. The smallest absolute Gasteiger partial charge is 0.340 e. The van der Waals surface area contributed by atoms with Crippen molar-refractivity contribution in [2.75, 3.05) is 14.2 Å². The van der Waals surface area contributed by atoms with Crippen LogP contribution in [0.1, 0.15) is 26.4 Å². The van der Waals surface area contributed by atoms with E-state index in [-0.39, 0.29) is 28.3 Å². The normalized spacial score (nSPS) is 10.6. The van der Waals surface area contributed by atoms with Gasteiger partial charge in [-0.2, -0.15) is 0 Å². The number of carbonyl (C=O) groups is 2. The van der Waals surface area contributed by atoms with Crippen molar-refractivity contribution in [1.29, 1.82) is 0 Å². The molecule has 122 valence electrons. The topological polar surface area (TPSA) is 77.2 Å². The number of esters is 1. The lowest BCUT2D eigenvalue weighted by Gasteiger charge is -2.09. The van der Waals surface area contributed by atoms with Gasteiger partial charge in [-0.15, -0.1) is 0 Å². The van der Waals surface area contributed by atoms with Crippen LogP contribution in [0.3, 0.4) is 0 Å². The number of aromatic nitrogens is 1. The predicted octanol–water partition coefficient (Wildman–Crippen LogP) is 2.67. The maximum Gasteiger partial charge on any atom is 0.340 e. The molecule has 0 amide bonds. The van der Waals surface area contributed by atoms with Crippen LogP contribution in [0.15, 0.2) is 48.5 Å². The third-order valence-corrected chi connectivity index (χ3v) is 3.73. The highest BCUT2D eigenvalue weighted by Gasteiger charge is 2.25. The van der Waals surface area contributed by atoms with E-state index >= 15 is 0 Å². The number of hydrogen-bond acceptors (Lipinski definition) is 5. The highest BCUT2D eigenvalue weighted by atomic mass is 16.5. The van der Waals surface area contributed by atoms with E-state index in [1.165, 1.54) is 36.8 Å². The number of pyridine rings is 1. The zero-order valence-corrected chi connectivity index (χ0v) is 13.1. The number of hydrogen-bond donors (Lipinski definition) is 1. The quantitative estimate of drug-likeness (QED) is 0.589. The molecule has 0 saturated carbocycles. The molecule has 0 atom stereocenters. The summed E-state index contributed by atoms with van der Waals surface area (Å²) < 4.78 is 11.5. The summed E-state index contributed by atoms with van der Waals surface area (Å²) >= 11 is 0. The van der Waals surface area contributed by atoms with Gasteiger partial charge in [0.2, 0.25) is 5.78 Å². The van der Waals surface area contributed by atoms with Gasteiger partial charge >= 0.3 is 5.97 Å². The van der Waals surface area contributed by atoms with E-state index in [1.807, 2.05) is 0 Å². The molecule has 2 heterocycles. The van der Waals surface area contributed by atoms with Crippen molar-refractivity contribution in [2.45, 2.75) is 0 Å². The van der Waals surface area contributed by atoms with Crippen LogP contribution in [0, 0.1) is 0 Å². The van der Waals surface area contributed by atoms with Gasteiger partial charge in [0, 0.05) is 11.6 Å². The number of methoxy groups -OCH3 is 2. The molecule has 0 bridgehead atoms. The summed E-state index contributed by atoms with van der Waals surface area (Å²) in [5, 5.41) is 10.2. The number of rotatable bonds is 4. The van der Waals surface area contributed by atoms with Crippen molar-refractivity contribution in [1.82, 2.24) is 4.40 Å². The van der Waals surface area contributed by atoms with Gasteiger partial charge in [-0.1, -0.05) is 30.3 Å². The number of ether oxygens (including phenoxy) is 2. The van der Waals surface area contributed by atoms with E-state index < -0.39 is 5.97 Å². The van der Waals surface area contributed by atoms with Gasteiger partial charge in [0.25, 0.3) is 0 Å². The van der Waals surface area contributed by atoms with Gasteiger partial charge in [-0.25, -0.2) is 4.79 Å². The van der Waals surface area contributed by atoms with Gasteiger partial charge < -0.3 is 14.6 Å². The maximum atomic E-state index is 12.9. The standard InChI is InChI=1S/C18H15NO5/c1-23-15-9-8-14(20)16-12(18(22)24-2)10-13(19(15)16)17(21)11-6-4-3-5-7-11/h3-10,20H,1-2H3. The number of aromatic hydroxyl groups is 1. The Morgan fingerprint density at radius 3 is 2.38 bits per heavy atom. The monoisotopic (exact) mass is 325 g/mol. The summed E-state index contributed by atoms with van der Waals surface area (Å²) in [5.74, 6) is -0.784. The zero-order chi connectivity index (χ0) is 17.3. The first-order valence-electron chi connectivity index (χ1n) is 7.18. The van der Waals surface area contributed by atoms with Crippen LogP contribution in [0.4, 0.5) is 0 Å². The van der Waals surface area contributed by atoms with E-state index in [0.29, 0.717) is 11.4 Å². The molecule has 0 spiro atoms. The summed E-state index contributed by atoms with van der Waals surface area (Å²) in [5.41, 5.74) is 0.914. The van der Waals surface area contributed by atoms with Crippen LogP contribution in [0.5, 0.6) is 11.6 Å². The highest BCUT2D eigenvalue weighted by Crippen LogP contribution is 2.32. The van der Waals surface area contributed by atoms with Crippen LogP contribution < -0.4 is 4.74 Å². The molecule has 6 nitrogen and oxygen atoms in total. The zero-order valence-electron chi connectivity index (χ0n) is 13.1. The second-order valence-electron chi connectivity index (χ2n) is 5.07. The van der Waals surface area contributed by atoms with Gasteiger partial charge in [0.15, 0.2) is 5.88 Å². The van der Waals surface area contributed by atoms with E-state index in [2.05, 4.69) is 0 Å². The Bertz CT molecular complexity index is 927. The number of fused-ring (bicyclic) bond motifs is 1. The van der Waals surface area contributed by atoms with Crippen LogP contribution in [-0.4, -0.2) is 35.5 Å². The Hall–Kier alpha value is -3.28. The molecule has 0 unspecified atom stereocenters. The number of nitrogens with zero attached hydrogens (tertiary/aromatic N) is 1. The molecular weight excluding hydrogens is 310 g/mol. The predicted molar refractivity (Wildman–Crippen MR) is 86.8 cm³/mol. The molecule has 6 heteroatoms. The van der Waals surface area contributed by atoms with Crippen LogP contribution in [0.2, 0.25) is 0 Å². The molecule has 3 aromatic rings. The molecule has 24 heavy (non-hydrogen) atoms. The van der Waals surface area contributed by atoms with Gasteiger partial charge in [0.1, 0.15) is 11.3 Å². The Labute approximate surface area is 137 Å². The first-order valence-corrected chi connectivity index (χ1v) is 7.18. The average molecular weight is 325 g/mol. The average Bonchev–Trinajstić information content (AvgIpc) is 3.03. The second kappa shape index (κ2) is 6.08. The molecule has 0 aliphatic rings. The lowest BCUT2D eigenvalue weighted by Crippen LogP contribution is -2.06. The molecule has 0 aliphatic heterocycles. The van der Waals surface area contributed by atoms with E-state index in [0.717, 1.165) is 0 Å². The minimum atomic E-state index is -0.650. The van der Waals surface area contributed by atoms with Crippen molar-refractivity contribution in [3.05, 3.63) is 65.4 Å². The molecule has 0 fully saturated rings. The van der Waals surface area contributed by atoms with Crippen molar-refractivity contribution in [3.8, 4) is 11.6 Å². The lowest BCUT2D eigenvalue weighted by molar-refractivity contribution is 0.0603. The number of ketones is 1. The fraction of sp³-hybridized carbons (Fsp3) is 0.111. The Kier molecular flexibility index (Phi) is 3.95. The minimum Gasteiger partial charge on any atom is -0.506 e.